The Balaban J connectivity index is 1.51. The van der Waals surface area contributed by atoms with Crippen LogP contribution >= 0.6 is 11.3 Å². The number of aliphatic carboxylic acids is 1. The molecule has 0 aliphatic carbocycles. The van der Waals surface area contributed by atoms with Gasteiger partial charge in [0.25, 0.3) is 5.01 Å². The maximum absolute atomic E-state index is 13.7. The van der Waals surface area contributed by atoms with E-state index >= 15 is 0 Å². The highest BCUT2D eigenvalue weighted by Gasteiger charge is 2.42. The van der Waals surface area contributed by atoms with Crippen LogP contribution in [0.3, 0.4) is 0 Å². The van der Waals surface area contributed by atoms with E-state index in [-0.39, 0.29) is 22.9 Å². The summed E-state index contributed by atoms with van der Waals surface area (Å²) in [6, 6.07) is 12.6. The Kier molecular flexibility index (Phi) is 6.33. The average Bonchev–Trinajstić information content (AvgIpc) is 3.24. The quantitative estimate of drug-likeness (QED) is 0.157. The summed E-state index contributed by atoms with van der Waals surface area (Å²) in [5, 5.41) is 10.9. The molecule has 2 aromatic carbocycles. The SMILES string of the molecule is CC1(C)CCN2CCC(C)(C)c3c2c1cc1cc(-c2sc4ccccc4[n+]2CCCCCC(=O)O)c(=O)oc31. The first-order chi connectivity index (χ1) is 18.6. The van der Waals surface area contributed by atoms with Crippen LogP contribution in [0.2, 0.25) is 0 Å². The fraction of sp³-hybridized carbons (Fsp3) is 0.469. The minimum absolute atomic E-state index is 0.0476. The number of nitrogens with zero attached hydrogens (tertiary/aromatic N) is 2. The van der Waals surface area contributed by atoms with Crippen LogP contribution in [0, 0.1) is 0 Å². The maximum Gasteiger partial charge on any atom is 0.351 e. The van der Waals surface area contributed by atoms with Gasteiger partial charge in [-0.15, -0.1) is 0 Å². The Hall–Kier alpha value is -3.19. The van der Waals surface area contributed by atoms with Gasteiger partial charge < -0.3 is 14.4 Å². The molecule has 2 aromatic heterocycles. The highest BCUT2D eigenvalue weighted by atomic mass is 32.1. The molecule has 0 amide bonds. The molecule has 4 heterocycles. The highest BCUT2D eigenvalue weighted by Crippen LogP contribution is 2.51. The van der Waals surface area contributed by atoms with Crippen molar-refractivity contribution in [3.63, 3.8) is 0 Å². The van der Waals surface area contributed by atoms with Crippen molar-refractivity contribution in [2.45, 2.75) is 83.6 Å². The number of hydrogen-bond acceptors (Lipinski definition) is 5. The third-order valence-corrected chi connectivity index (χ3v) is 10.0. The van der Waals surface area contributed by atoms with Crippen molar-refractivity contribution in [1.82, 2.24) is 0 Å². The van der Waals surface area contributed by atoms with Crippen molar-refractivity contribution in [3.8, 4) is 10.6 Å². The van der Waals surface area contributed by atoms with E-state index in [1.807, 2.05) is 12.1 Å². The summed E-state index contributed by atoms with van der Waals surface area (Å²) in [7, 11) is 0. The lowest BCUT2D eigenvalue weighted by molar-refractivity contribution is -0.657. The van der Waals surface area contributed by atoms with Crippen molar-refractivity contribution in [1.29, 1.82) is 0 Å². The van der Waals surface area contributed by atoms with Crippen LogP contribution in [-0.2, 0) is 22.2 Å². The average molecular weight is 546 g/mol. The number of aromatic nitrogens is 1. The van der Waals surface area contributed by atoms with E-state index in [2.05, 4.69) is 61.4 Å². The normalized spacial score (nSPS) is 17.5. The Bertz CT molecular complexity index is 1660. The van der Waals surface area contributed by atoms with Crippen LogP contribution in [-0.4, -0.2) is 24.2 Å². The van der Waals surface area contributed by atoms with Gasteiger partial charge in [-0.3, -0.25) is 4.79 Å². The highest BCUT2D eigenvalue weighted by molar-refractivity contribution is 7.21. The number of benzene rings is 2. The molecule has 2 aliphatic heterocycles. The smallest absolute Gasteiger partial charge is 0.351 e. The number of aryl methyl sites for hydroxylation is 1. The molecule has 4 aromatic rings. The number of carbonyl (C=O) groups is 1. The zero-order chi connectivity index (χ0) is 27.5. The van der Waals surface area contributed by atoms with E-state index in [9.17, 15) is 9.59 Å². The summed E-state index contributed by atoms with van der Waals surface area (Å²) in [4.78, 5) is 27.2. The molecule has 6 nitrogen and oxygen atoms in total. The summed E-state index contributed by atoms with van der Waals surface area (Å²) in [6.45, 7) is 12.0. The van der Waals surface area contributed by atoms with Crippen molar-refractivity contribution < 1.29 is 18.9 Å². The number of anilines is 1. The van der Waals surface area contributed by atoms with Crippen LogP contribution in [0.4, 0.5) is 5.69 Å². The molecule has 2 aliphatic rings. The molecule has 0 saturated carbocycles. The predicted molar refractivity (Wildman–Crippen MR) is 157 cm³/mol. The molecule has 204 valence electrons. The third-order valence-electron chi connectivity index (χ3n) is 8.84. The summed E-state index contributed by atoms with van der Waals surface area (Å²) in [6.07, 6.45) is 4.65. The molecule has 0 bridgehead atoms. The zero-order valence-electron chi connectivity index (χ0n) is 23.3. The Morgan fingerprint density at radius 1 is 1.05 bits per heavy atom. The molecule has 0 saturated heterocycles. The molecule has 6 rings (SSSR count). The van der Waals surface area contributed by atoms with Crippen molar-refractivity contribution in [2.24, 2.45) is 0 Å². The molecule has 1 N–H and O–H groups in total. The van der Waals surface area contributed by atoms with Crippen molar-refractivity contribution >= 4 is 44.2 Å². The lowest BCUT2D eigenvalue weighted by Gasteiger charge is -2.48. The largest absolute Gasteiger partial charge is 0.481 e. The molecule has 0 radical (unpaired) electrons. The van der Waals surface area contributed by atoms with E-state index < -0.39 is 5.97 Å². The van der Waals surface area contributed by atoms with E-state index in [4.69, 9.17) is 9.52 Å². The lowest BCUT2D eigenvalue weighted by atomic mass is 9.69. The Morgan fingerprint density at radius 3 is 2.56 bits per heavy atom. The number of unbranched alkanes of at least 4 members (excludes halogenated alkanes) is 2. The van der Waals surface area contributed by atoms with Gasteiger partial charge in [0.05, 0.1) is 0 Å². The summed E-state index contributed by atoms with van der Waals surface area (Å²) >= 11 is 1.62. The molecular formula is C32H37N2O4S+. The maximum atomic E-state index is 13.7. The first-order valence-corrected chi connectivity index (χ1v) is 14.9. The number of thiazole rings is 1. The standard InChI is InChI=1S/C32H36N2O4S/c1-31(2)13-16-33-17-14-32(3,4)26-27(33)22(31)19-20-18-21(30(37)38-28(20)26)29-34(15-9-5-6-12-25(35)36)23-10-7-8-11-24(23)39-29/h7-8,10-11,18-19H,5-6,9,12-17H2,1-4H3/p+1. The van der Waals surface area contributed by atoms with Gasteiger partial charge in [-0.1, -0.05) is 51.2 Å². The number of hydrogen-bond donors (Lipinski definition) is 1. The number of carboxylic acids is 1. The molecule has 39 heavy (non-hydrogen) atoms. The molecule has 0 spiro atoms. The minimum atomic E-state index is -0.756. The van der Waals surface area contributed by atoms with Gasteiger partial charge in [0, 0.05) is 48.6 Å². The lowest BCUT2D eigenvalue weighted by Crippen LogP contribution is -2.44. The first kappa shape index (κ1) is 26.1. The molecule has 0 atom stereocenters. The number of rotatable bonds is 7. The van der Waals surface area contributed by atoms with Crippen molar-refractivity contribution in [2.75, 3.05) is 18.0 Å². The fourth-order valence-corrected chi connectivity index (χ4v) is 7.67. The second-order valence-electron chi connectivity index (χ2n) is 12.5. The molecule has 7 heteroatoms. The van der Waals surface area contributed by atoms with Gasteiger partial charge in [-0.05, 0) is 60.3 Å². The summed E-state index contributed by atoms with van der Waals surface area (Å²) in [5.41, 5.74) is 5.90. The van der Waals surface area contributed by atoms with E-state index in [0.717, 1.165) is 71.5 Å². The Labute approximate surface area is 232 Å². The number of fused-ring (bicyclic) bond motifs is 3. The summed E-state index contributed by atoms with van der Waals surface area (Å²) in [5.74, 6) is -0.756. The van der Waals surface area contributed by atoms with E-state index in [1.54, 1.807) is 11.3 Å². The molecular weight excluding hydrogens is 508 g/mol. The molecule has 0 unspecified atom stereocenters. The minimum Gasteiger partial charge on any atom is -0.481 e. The predicted octanol–water partition coefficient (Wildman–Crippen LogP) is 6.78. The van der Waals surface area contributed by atoms with Crippen LogP contribution in [0.1, 0.15) is 77.3 Å². The van der Waals surface area contributed by atoms with Gasteiger partial charge in [0.1, 0.15) is 15.8 Å². The first-order valence-electron chi connectivity index (χ1n) is 14.1. The van der Waals surface area contributed by atoms with Gasteiger partial charge in [0.15, 0.2) is 6.54 Å². The third kappa shape index (κ3) is 4.45. The Morgan fingerprint density at radius 2 is 1.79 bits per heavy atom. The fourth-order valence-electron chi connectivity index (χ4n) is 6.48. The van der Waals surface area contributed by atoms with Gasteiger partial charge in [0.2, 0.25) is 5.52 Å². The van der Waals surface area contributed by atoms with E-state index in [1.165, 1.54) is 16.8 Å². The van der Waals surface area contributed by atoms with Crippen LogP contribution in [0.25, 0.3) is 31.8 Å². The van der Waals surface area contributed by atoms with Crippen LogP contribution in [0.5, 0.6) is 0 Å². The topological polar surface area (TPSA) is 74.6 Å². The monoisotopic (exact) mass is 545 g/mol. The van der Waals surface area contributed by atoms with Gasteiger partial charge >= 0.3 is 11.6 Å². The van der Waals surface area contributed by atoms with E-state index in [0.29, 0.717) is 12.0 Å². The summed E-state index contributed by atoms with van der Waals surface area (Å²) < 4.78 is 9.63. The van der Waals surface area contributed by atoms with Crippen molar-refractivity contribution in [3.05, 3.63) is 57.9 Å². The van der Waals surface area contributed by atoms with Crippen LogP contribution < -0.4 is 15.1 Å². The van der Waals surface area contributed by atoms with Gasteiger partial charge in [-0.2, -0.15) is 4.57 Å². The van der Waals surface area contributed by atoms with Crippen LogP contribution in [0.15, 0.2) is 45.6 Å². The van der Waals surface area contributed by atoms with Gasteiger partial charge in [-0.25, -0.2) is 4.79 Å². The molecule has 0 fully saturated rings. The number of carboxylic acid groups (broad SMARTS) is 1. The number of para-hydroxylation sites is 1. The zero-order valence-corrected chi connectivity index (χ0v) is 24.1. The second-order valence-corrected chi connectivity index (χ2v) is 13.5. The second kappa shape index (κ2) is 9.47.